The normalized spacial score (nSPS) is 16.8. The number of piperidine rings is 1. The van der Waals surface area contributed by atoms with Crippen LogP contribution in [0.1, 0.15) is 12.8 Å². The minimum absolute atomic E-state index is 0.131. The van der Waals surface area contributed by atoms with Crippen LogP contribution in [0.5, 0.6) is 0 Å². The van der Waals surface area contributed by atoms with Crippen LogP contribution in [0.2, 0.25) is 0 Å². The van der Waals surface area contributed by atoms with Crippen LogP contribution in [0.25, 0.3) is 10.2 Å². The molecular weight excluding hydrogens is 340 g/mol. The lowest BCUT2D eigenvalue weighted by atomic mass is 9.90. The number of rotatable bonds is 6. The second kappa shape index (κ2) is 7.79. The number of fused-ring (bicyclic) bond motifs is 1. The summed E-state index contributed by atoms with van der Waals surface area (Å²) in [4.78, 5) is 29.8. The number of carboxylic acid groups (broad SMARTS) is 1. The fourth-order valence-corrected chi connectivity index (χ4v) is 4.26. The SMILES string of the molecule is NC(CN(CC=O)C(=O)O)C1CCN(c2nc3ccccc3s2)CC1. The largest absolute Gasteiger partial charge is 0.465 e. The highest BCUT2D eigenvalue weighted by atomic mass is 32.1. The van der Waals surface area contributed by atoms with Crippen LogP contribution in [0.15, 0.2) is 24.3 Å². The van der Waals surface area contributed by atoms with E-state index in [2.05, 4.69) is 11.0 Å². The third-order valence-electron chi connectivity index (χ3n) is 4.69. The Morgan fingerprint density at radius 3 is 2.80 bits per heavy atom. The van der Waals surface area contributed by atoms with Crippen molar-refractivity contribution in [1.82, 2.24) is 9.88 Å². The van der Waals surface area contributed by atoms with E-state index in [1.54, 1.807) is 11.3 Å². The lowest BCUT2D eigenvalue weighted by molar-refractivity contribution is -0.108. The number of carbonyl (C=O) groups excluding carboxylic acids is 1. The molecule has 0 radical (unpaired) electrons. The van der Waals surface area contributed by atoms with Gasteiger partial charge in [0.1, 0.15) is 6.29 Å². The summed E-state index contributed by atoms with van der Waals surface area (Å²) < 4.78 is 1.18. The van der Waals surface area contributed by atoms with E-state index in [1.165, 1.54) is 4.70 Å². The molecule has 0 aliphatic carbocycles. The summed E-state index contributed by atoms with van der Waals surface area (Å²) >= 11 is 1.69. The van der Waals surface area contributed by atoms with Crippen molar-refractivity contribution in [2.24, 2.45) is 11.7 Å². The van der Waals surface area contributed by atoms with Gasteiger partial charge in [0.2, 0.25) is 0 Å². The minimum Gasteiger partial charge on any atom is -0.465 e. The fourth-order valence-electron chi connectivity index (χ4n) is 3.24. The molecule has 7 nitrogen and oxygen atoms in total. The van der Waals surface area contributed by atoms with E-state index < -0.39 is 6.09 Å². The van der Waals surface area contributed by atoms with Gasteiger partial charge in [-0.3, -0.25) is 4.90 Å². The summed E-state index contributed by atoms with van der Waals surface area (Å²) in [5.74, 6) is 0.249. The Labute approximate surface area is 150 Å². The molecular formula is C17H22N4O3S. The molecule has 3 N–H and O–H groups in total. The van der Waals surface area contributed by atoms with Crippen molar-refractivity contribution >= 4 is 39.1 Å². The maximum atomic E-state index is 11.1. The lowest BCUT2D eigenvalue weighted by Gasteiger charge is -2.35. The molecule has 0 spiro atoms. The zero-order chi connectivity index (χ0) is 17.8. The molecule has 134 valence electrons. The van der Waals surface area contributed by atoms with Gasteiger partial charge in [0, 0.05) is 25.7 Å². The van der Waals surface area contributed by atoms with E-state index in [-0.39, 0.29) is 25.0 Å². The van der Waals surface area contributed by atoms with Crippen LogP contribution in [-0.2, 0) is 4.79 Å². The summed E-state index contributed by atoms with van der Waals surface area (Å²) in [7, 11) is 0. The molecule has 0 saturated carbocycles. The van der Waals surface area contributed by atoms with Gasteiger partial charge in [-0.25, -0.2) is 9.78 Å². The number of aromatic nitrogens is 1. The molecule has 1 aromatic heterocycles. The summed E-state index contributed by atoms with van der Waals surface area (Å²) in [6, 6.07) is 7.85. The topological polar surface area (TPSA) is 99.8 Å². The highest BCUT2D eigenvalue weighted by Gasteiger charge is 2.28. The van der Waals surface area contributed by atoms with Gasteiger partial charge in [-0.15, -0.1) is 0 Å². The number of amides is 1. The Hall–Kier alpha value is -2.19. The van der Waals surface area contributed by atoms with E-state index in [9.17, 15) is 9.59 Å². The predicted molar refractivity (Wildman–Crippen MR) is 98.2 cm³/mol. The number of nitrogens with zero attached hydrogens (tertiary/aromatic N) is 3. The van der Waals surface area contributed by atoms with Crippen molar-refractivity contribution in [2.75, 3.05) is 31.1 Å². The molecule has 1 aliphatic heterocycles. The third kappa shape index (κ3) is 4.08. The Kier molecular flexibility index (Phi) is 5.50. The molecule has 1 amide bonds. The monoisotopic (exact) mass is 362 g/mol. The van der Waals surface area contributed by atoms with E-state index in [4.69, 9.17) is 15.8 Å². The number of para-hydroxylation sites is 1. The number of nitrogens with two attached hydrogens (primary N) is 1. The first-order chi connectivity index (χ1) is 12.1. The summed E-state index contributed by atoms with van der Waals surface area (Å²) in [6.45, 7) is 1.78. The number of carbonyl (C=O) groups is 2. The van der Waals surface area contributed by atoms with Gasteiger partial charge in [-0.05, 0) is 30.9 Å². The van der Waals surface area contributed by atoms with Crippen molar-refractivity contribution in [3.63, 3.8) is 0 Å². The first kappa shape index (κ1) is 17.6. The van der Waals surface area contributed by atoms with Crippen molar-refractivity contribution < 1.29 is 14.7 Å². The van der Waals surface area contributed by atoms with Crippen LogP contribution in [0, 0.1) is 5.92 Å². The molecule has 1 fully saturated rings. The van der Waals surface area contributed by atoms with E-state index in [1.807, 2.05) is 18.2 Å². The zero-order valence-corrected chi connectivity index (χ0v) is 14.7. The first-order valence-electron chi connectivity index (χ1n) is 8.36. The zero-order valence-electron chi connectivity index (χ0n) is 13.9. The minimum atomic E-state index is -1.10. The number of anilines is 1. The fraction of sp³-hybridized carbons (Fsp3) is 0.471. The molecule has 8 heteroatoms. The lowest BCUT2D eigenvalue weighted by Crippen LogP contribution is -2.48. The van der Waals surface area contributed by atoms with Gasteiger partial charge in [-0.1, -0.05) is 23.5 Å². The Bertz CT molecular complexity index is 709. The molecule has 1 saturated heterocycles. The average Bonchev–Trinajstić information content (AvgIpc) is 3.05. The van der Waals surface area contributed by atoms with E-state index >= 15 is 0 Å². The van der Waals surface area contributed by atoms with Crippen molar-refractivity contribution in [3.8, 4) is 0 Å². The number of aldehydes is 1. The first-order valence-corrected chi connectivity index (χ1v) is 9.17. The average molecular weight is 362 g/mol. The molecule has 3 rings (SSSR count). The summed E-state index contributed by atoms with van der Waals surface area (Å²) in [5.41, 5.74) is 7.23. The van der Waals surface area contributed by atoms with Crippen molar-refractivity contribution in [1.29, 1.82) is 0 Å². The van der Waals surface area contributed by atoms with Crippen LogP contribution < -0.4 is 10.6 Å². The molecule has 2 heterocycles. The number of thiazole rings is 1. The highest BCUT2D eigenvalue weighted by molar-refractivity contribution is 7.22. The molecule has 0 bridgehead atoms. The smallest absolute Gasteiger partial charge is 0.407 e. The highest BCUT2D eigenvalue weighted by Crippen LogP contribution is 2.31. The number of hydrogen-bond acceptors (Lipinski definition) is 6. The van der Waals surface area contributed by atoms with Gasteiger partial charge in [0.15, 0.2) is 5.13 Å². The quantitative estimate of drug-likeness (QED) is 0.763. The number of benzene rings is 1. The summed E-state index contributed by atoms with van der Waals surface area (Å²) in [5, 5.41) is 10.1. The van der Waals surface area contributed by atoms with Crippen LogP contribution >= 0.6 is 11.3 Å². The van der Waals surface area contributed by atoms with Crippen LogP contribution in [-0.4, -0.2) is 59.6 Å². The van der Waals surface area contributed by atoms with E-state index in [0.29, 0.717) is 6.29 Å². The molecule has 1 aliphatic rings. The van der Waals surface area contributed by atoms with Gasteiger partial charge >= 0.3 is 6.09 Å². The van der Waals surface area contributed by atoms with Crippen LogP contribution in [0.3, 0.4) is 0 Å². The van der Waals surface area contributed by atoms with Crippen molar-refractivity contribution in [2.45, 2.75) is 18.9 Å². The maximum absolute atomic E-state index is 11.1. The predicted octanol–water partition coefficient (Wildman–Crippen LogP) is 2.02. The third-order valence-corrected chi connectivity index (χ3v) is 5.79. The Morgan fingerprint density at radius 2 is 2.16 bits per heavy atom. The molecule has 1 atom stereocenters. The van der Waals surface area contributed by atoms with Crippen LogP contribution in [0.4, 0.5) is 9.93 Å². The molecule has 2 aromatic rings. The standard InChI is InChI=1S/C17H22N4O3S/c18-13(11-21(9-10-22)17(23)24)12-5-7-20(8-6-12)16-19-14-3-1-2-4-15(14)25-16/h1-4,10,12-13H,5-9,11,18H2,(H,23,24). The van der Waals surface area contributed by atoms with Gasteiger partial charge < -0.3 is 20.5 Å². The molecule has 25 heavy (non-hydrogen) atoms. The second-order valence-electron chi connectivity index (χ2n) is 6.31. The second-order valence-corrected chi connectivity index (χ2v) is 7.32. The molecule has 1 unspecified atom stereocenters. The molecule has 1 aromatic carbocycles. The van der Waals surface area contributed by atoms with Gasteiger partial charge in [-0.2, -0.15) is 0 Å². The van der Waals surface area contributed by atoms with Gasteiger partial charge in [0.05, 0.1) is 16.8 Å². The Balaban J connectivity index is 1.57. The number of hydrogen-bond donors (Lipinski definition) is 2. The summed E-state index contributed by atoms with van der Waals surface area (Å²) in [6.07, 6.45) is 1.28. The van der Waals surface area contributed by atoms with E-state index in [0.717, 1.165) is 41.5 Å². The maximum Gasteiger partial charge on any atom is 0.407 e. The van der Waals surface area contributed by atoms with Gasteiger partial charge in [0.25, 0.3) is 0 Å². The Morgan fingerprint density at radius 1 is 1.44 bits per heavy atom. The van der Waals surface area contributed by atoms with Crippen molar-refractivity contribution in [3.05, 3.63) is 24.3 Å².